The number of halogens is 1. The van der Waals surface area contributed by atoms with E-state index in [1.807, 2.05) is 48.5 Å². The van der Waals surface area contributed by atoms with Gasteiger partial charge in [-0.05, 0) is 18.6 Å². The van der Waals surface area contributed by atoms with Gasteiger partial charge in [-0.15, -0.1) is 0 Å². The van der Waals surface area contributed by atoms with E-state index in [-0.39, 0.29) is 11.7 Å². The Labute approximate surface area is 185 Å². The molecule has 0 fully saturated rings. The first-order valence-corrected chi connectivity index (χ1v) is 10.7. The number of benzene rings is 2. The van der Waals surface area contributed by atoms with E-state index >= 15 is 4.39 Å². The van der Waals surface area contributed by atoms with Crippen LogP contribution in [0.3, 0.4) is 0 Å². The lowest BCUT2D eigenvalue weighted by molar-refractivity contribution is 0.608. The lowest BCUT2D eigenvalue weighted by Gasteiger charge is -2.07. The van der Waals surface area contributed by atoms with Crippen LogP contribution in [0.4, 0.5) is 10.2 Å². The fourth-order valence-electron chi connectivity index (χ4n) is 4.15. The molecule has 1 atom stereocenters. The number of hydrogen-bond acceptors (Lipinski definition) is 5. The second-order valence-corrected chi connectivity index (χ2v) is 7.98. The van der Waals surface area contributed by atoms with Crippen molar-refractivity contribution in [3.63, 3.8) is 0 Å². The van der Waals surface area contributed by atoms with Crippen LogP contribution in [0.1, 0.15) is 38.4 Å². The molecule has 0 bridgehead atoms. The maximum absolute atomic E-state index is 15.9. The molecule has 0 saturated heterocycles. The van der Waals surface area contributed by atoms with Gasteiger partial charge in [0.05, 0.1) is 5.69 Å². The van der Waals surface area contributed by atoms with Crippen LogP contribution in [0.2, 0.25) is 0 Å². The fraction of sp³-hybridized carbons (Fsp3) is 0.200. The molecule has 7 heteroatoms. The van der Waals surface area contributed by atoms with Gasteiger partial charge in [0.2, 0.25) is 0 Å². The third kappa shape index (κ3) is 3.26. The Hall–Kier alpha value is -3.87. The molecule has 3 aromatic heterocycles. The highest BCUT2D eigenvalue weighted by Gasteiger charge is 2.23. The molecule has 1 unspecified atom stereocenters. The molecular formula is C25H23FN6. The molecular weight excluding hydrogens is 403 g/mol. The van der Waals surface area contributed by atoms with Gasteiger partial charge in [0.1, 0.15) is 28.9 Å². The van der Waals surface area contributed by atoms with E-state index in [9.17, 15) is 0 Å². The molecule has 3 heterocycles. The van der Waals surface area contributed by atoms with Gasteiger partial charge in [-0.25, -0.2) is 23.9 Å². The Morgan fingerprint density at radius 2 is 1.81 bits per heavy atom. The number of fused-ring (bicyclic) bond motifs is 2. The lowest BCUT2D eigenvalue weighted by Crippen LogP contribution is -2.05. The molecule has 0 saturated carbocycles. The van der Waals surface area contributed by atoms with Crippen molar-refractivity contribution in [3.05, 3.63) is 72.6 Å². The second kappa shape index (κ2) is 8.00. The summed E-state index contributed by atoms with van der Waals surface area (Å²) in [6.45, 7) is 4.21. The van der Waals surface area contributed by atoms with Crippen molar-refractivity contribution < 1.29 is 4.39 Å². The van der Waals surface area contributed by atoms with Crippen LogP contribution in [0.5, 0.6) is 0 Å². The molecule has 0 aliphatic rings. The van der Waals surface area contributed by atoms with Gasteiger partial charge in [-0.2, -0.15) is 5.10 Å². The van der Waals surface area contributed by atoms with Gasteiger partial charge in [-0.3, -0.25) is 0 Å². The summed E-state index contributed by atoms with van der Waals surface area (Å²) in [4.78, 5) is 13.6. The minimum atomic E-state index is -0.432. The Morgan fingerprint density at radius 1 is 1.03 bits per heavy atom. The van der Waals surface area contributed by atoms with Crippen LogP contribution in [-0.2, 0) is 0 Å². The predicted octanol–water partition coefficient (Wildman–Crippen LogP) is 5.63. The number of anilines is 1. The highest BCUT2D eigenvalue weighted by molar-refractivity contribution is 5.91. The Balaban J connectivity index is 1.74. The summed E-state index contributed by atoms with van der Waals surface area (Å²) in [7, 11) is 0. The maximum Gasteiger partial charge on any atom is 0.158 e. The number of nitrogens with two attached hydrogens (primary N) is 1. The van der Waals surface area contributed by atoms with Gasteiger partial charge in [0.15, 0.2) is 11.6 Å². The molecule has 0 aliphatic carbocycles. The third-order valence-electron chi connectivity index (χ3n) is 5.77. The first-order valence-electron chi connectivity index (χ1n) is 10.7. The fourth-order valence-corrected chi connectivity index (χ4v) is 4.15. The SMILES string of the molecule is CCCC(C)c1nc(-c2ccc3ccc(-c4ccccc4)nc3c2F)c2c(N)ncnn12. The molecule has 2 aromatic carbocycles. The van der Waals surface area contributed by atoms with E-state index in [2.05, 4.69) is 28.9 Å². The normalized spacial score (nSPS) is 12.5. The van der Waals surface area contributed by atoms with Gasteiger partial charge < -0.3 is 5.73 Å². The molecule has 5 rings (SSSR count). The van der Waals surface area contributed by atoms with E-state index in [1.165, 1.54) is 6.33 Å². The zero-order chi connectivity index (χ0) is 22.2. The smallest absolute Gasteiger partial charge is 0.158 e. The van der Waals surface area contributed by atoms with Crippen LogP contribution in [0.25, 0.3) is 38.9 Å². The Morgan fingerprint density at radius 3 is 2.59 bits per heavy atom. The summed E-state index contributed by atoms with van der Waals surface area (Å²) in [6, 6.07) is 17.1. The third-order valence-corrected chi connectivity index (χ3v) is 5.77. The highest BCUT2D eigenvalue weighted by Crippen LogP contribution is 2.35. The van der Waals surface area contributed by atoms with Crippen molar-refractivity contribution in [1.82, 2.24) is 24.6 Å². The second-order valence-electron chi connectivity index (χ2n) is 7.98. The summed E-state index contributed by atoms with van der Waals surface area (Å²) >= 11 is 0. The minimum Gasteiger partial charge on any atom is -0.382 e. The van der Waals surface area contributed by atoms with Crippen molar-refractivity contribution in [2.24, 2.45) is 0 Å². The van der Waals surface area contributed by atoms with E-state index in [4.69, 9.17) is 10.7 Å². The van der Waals surface area contributed by atoms with Crippen LogP contribution in [0, 0.1) is 5.82 Å². The molecule has 5 aromatic rings. The van der Waals surface area contributed by atoms with E-state index in [1.54, 1.807) is 10.6 Å². The van der Waals surface area contributed by atoms with Crippen molar-refractivity contribution >= 4 is 22.2 Å². The molecule has 2 N–H and O–H groups in total. The highest BCUT2D eigenvalue weighted by atomic mass is 19.1. The number of imidazole rings is 1. The maximum atomic E-state index is 15.9. The first-order chi connectivity index (χ1) is 15.6. The van der Waals surface area contributed by atoms with Crippen molar-refractivity contribution in [3.8, 4) is 22.5 Å². The van der Waals surface area contributed by atoms with Crippen LogP contribution in [0.15, 0.2) is 60.9 Å². The van der Waals surface area contributed by atoms with Crippen LogP contribution in [-0.4, -0.2) is 24.6 Å². The molecule has 32 heavy (non-hydrogen) atoms. The zero-order valence-corrected chi connectivity index (χ0v) is 18.0. The first kappa shape index (κ1) is 20.1. The van der Waals surface area contributed by atoms with E-state index < -0.39 is 5.82 Å². The summed E-state index contributed by atoms with van der Waals surface area (Å²) in [5.41, 5.74) is 9.42. The van der Waals surface area contributed by atoms with Crippen LogP contribution < -0.4 is 5.73 Å². The van der Waals surface area contributed by atoms with Crippen LogP contribution >= 0.6 is 0 Å². The summed E-state index contributed by atoms with van der Waals surface area (Å²) in [5, 5.41) is 5.08. The summed E-state index contributed by atoms with van der Waals surface area (Å²) < 4.78 is 17.6. The molecule has 160 valence electrons. The average Bonchev–Trinajstić information content (AvgIpc) is 3.21. The molecule has 0 amide bonds. The zero-order valence-electron chi connectivity index (χ0n) is 18.0. The molecule has 0 spiro atoms. The number of aromatic nitrogens is 5. The van der Waals surface area contributed by atoms with E-state index in [0.29, 0.717) is 28.0 Å². The van der Waals surface area contributed by atoms with Gasteiger partial charge >= 0.3 is 0 Å². The van der Waals surface area contributed by atoms with Crippen molar-refractivity contribution in [2.45, 2.75) is 32.6 Å². The molecule has 0 radical (unpaired) electrons. The predicted molar refractivity (Wildman–Crippen MR) is 125 cm³/mol. The average molecular weight is 426 g/mol. The lowest BCUT2D eigenvalue weighted by atomic mass is 10.0. The van der Waals surface area contributed by atoms with Gasteiger partial charge in [0.25, 0.3) is 0 Å². The minimum absolute atomic E-state index is 0.141. The summed E-state index contributed by atoms with van der Waals surface area (Å²) in [6.07, 6.45) is 3.34. The number of pyridine rings is 1. The number of nitrogens with zero attached hydrogens (tertiary/aromatic N) is 5. The standard InChI is InChI=1S/C25H23FN6/c1-3-7-15(2)25-31-22(23-24(27)28-14-29-32(23)25)18-12-10-17-11-13-19(30-21(17)20(18)26)16-8-5-4-6-9-16/h4-6,8-15H,3,7H2,1-2H3,(H2,27,28,29). The Kier molecular flexibility index (Phi) is 5.01. The number of rotatable bonds is 5. The number of nitrogen functional groups attached to an aromatic ring is 1. The van der Waals surface area contributed by atoms with Crippen molar-refractivity contribution in [2.75, 3.05) is 5.73 Å². The van der Waals surface area contributed by atoms with E-state index in [0.717, 1.165) is 29.6 Å². The van der Waals surface area contributed by atoms with Gasteiger partial charge in [-0.1, -0.05) is 62.7 Å². The van der Waals surface area contributed by atoms with Gasteiger partial charge in [0, 0.05) is 22.4 Å². The topological polar surface area (TPSA) is 82.0 Å². The quantitative estimate of drug-likeness (QED) is 0.394. The Bertz CT molecular complexity index is 1430. The van der Waals surface area contributed by atoms with Crippen molar-refractivity contribution in [1.29, 1.82) is 0 Å². The monoisotopic (exact) mass is 426 g/mol. The molecule has 6 nitrogen and oxygen atoms in total. The summed E-state index contributed by atoms with van der Waals surface area (Å²) in [5.74, 6) is 0.722. The number of hydrogen-bond donors (Lipinski definition) is 1. The largest absolute Gasteiger partial charge is 0.382 e. The molecule has 0 aliphatic heterocycles.